The molecule has 26 heavy (non-hydrogen) atoms. The van der Waals surface area contributed by atoms with Gasteiger partial charge in [0.15, 0.2) is 5.79 Å². The molecule has 0 radical (unpaired) electrons. The van der Waals surface area contributed by atoms with Gasteiger partial charge in [-0.05, 0) is 13.3 Å². The molecule has 1 heterocycles. The van der Waals surface area contributed by atoms with Crippen LogP contribution >= 0.6 is 0 Å². The van der Waals surface area contributed by atoms with E-state index in [1.165, 1.54) is 77.0 Å². The lowest BCUT2D eigenvalue weighted by atomic mass is 10.0. The van der Waals surface area contributed by atoms with Crippen molar-refractivity contribution >= 4 is 5.97 Å². The summed E-state index contributed by atoms with van der Waals surface area (Å²) in [7, 11) is 0. The van der Waals surface area contributed by atoms with Gasteiger partial charge < -0.3 is 14.2 Å². The molecule has 0 N–H and O–H groups in total. The summed E-state index contributed by atoms with van der Waals surface area (Å²) in [6.07, 6.45) is 18.4. The molecule has 0 spiro atoms. The van der Waals surface area contributed by atoms with Crippen molar-refractivity contribution in [2.45, 2.75) is 116 Å². The maximum absolute atomic E-state index is 11.8. The molecular formula is C22H42O4. The van der Waals surface area contributed by atoms with Crippen LogP contribution < -0.4 is 0 Å². The highest BCUT2D eigenvalue weighted by Gasteiger charge is 2.38. The predicted octanol–water partition coefficient (Wildman–Crippen LogP) is 6.16. The lowest BCUT2D eigenvalue weighted by Crippen LogP contribution is -2.33. The number of hydrogen-bond acceptors (Lipinski definition) is 4. The fourth-order valence-electron chi connectivity index (χ4n) is 3.68. The first-order valence-electron chi connectivity index (χ1n) is 11.2. The van der Waals surface area contributed by atoms with Gasteiger partial charge in [-0.2, -0.15) is 0 Å². The largest absolute Gasteiger partial charge is 0.466 e. The average Bonchev–Trinajstić information content (AvgIpc) is 3.07. The van der Waals surface area contributed by atoms with Crippen LogP contribution in [-0.4, -0.2) is 31.6 Å². The first-order chi connectivity index (χ1) is 12.7. The standard InChI is InChI=1S/C22H42O4/c1-3-5-6-7-8-9-10-11-12-13-14-15-16-17-22(25-18-19-26-22)20-21(23)24-4-2/h3-20H2,1-2H3. The molecule has 0 aromatic rings. The third-order valence-corrected chi connectivity index (χ3v) is 5.19. The van der Waals surface area contributed by atoms with Crippen LogP contribution in [0.1, 0.15) is 110 Å². The Morgan fingerprint density at radius 3 is 1.69 bits per heavy atom. The predicted molar refractivity (Wildman–Crippen MR) is 106 cm³/mol. The van der Waals surface area contributed by atoms with Crippen molar-refractivity contribution in [3.8, 4) is 0 Å². The monoisotopic (exact) mass is 370 g/mol. The second kappa shape index (κ2) is 15.4. The third-order valence-electron chi connectivity index (χ3n) is 5.19. The minimum atomic E-state index is -0.718. The minimum absolute atomic E-state index is 0.218. The van der Waals surface area contributed by atoms with Crippen LogP contribution in [0.2, 0.25) is 0 Å². The van der Waals surface area contributed by atoms with Crippen molar-refractivity contribution in [3.63, 3.8) is 0 Å². The minimum Gasteiger partial charge on any atom is -0.466 e. The maximum Gasteiger partial charge on any atom is 0.311 e. The average molecular weight is 371 g/mol. The number of unbranched alkanes of at least 4 members (excludes halogenated alkanes) is 12. The molecule has 0 aromatic carbocycles. The van der Waals surface area contributed by atoms with E-state index >= 15 is 0 Å². The highest BCUT2D eigenvalue weighted by molar-refractivity contribution is 5.70. The van der Waals surface area contributed by atoms with Crippen LogP contribution in [0.5, 0.6) is 0 Å². The number of rotatable bonds is 17. The van der Waals surface area contributed by atoms with Crippen LogP contribution in [0.25, 0.3) is 0 Å². The van der Waals surface area contributed by atoms with E-state index < -0.39 is 5.79 Å². The van der Waals surface area contributed by atoms with E-state index in [-0.39, 0.29) is 12.4 Å². The van der Waals surface area contributed by atoms with E-state index in [4.69, 9.17) is 14.2 Å². The van der Waals surface area contributed by atoms with Crippen molar-refractivity contribution in [3.05, 3.63) is 0 Å². The van der Waals surface area contributed by atoms with Crippen LogP contribution in [0.4, 0.5) is 0 Å². The zero-order valence-electron chi connectivity index (χ0n) is 17.4. The second-order valence-electron chi connectivity index (χ2n) is 7.58. The lowest BCUT2D eigenvalue weighted by molar-refractivity contribution is -0.185. The van der Waals surface area contributed by atoms with Gasteiger partial charge in [-0.3, -0.25) is 4.79 Å². The SMILES string of the molecule is CCCCCCCCCCCCCCCC1(CC(=O)OCC)OCCO1. The summed E-state index contributed by atoms with van der Waals surface area (Å²) in [4.78, 5) is 11.8. The zero-order chi connectivity index (χ0) is 18.9. The van der Waals surface area contributed by atoms with Crippen molar-refractivity contribution in [1.82, 2.24) is 0 Å². The molecule has 1 saturated heterocycles. The van der Waals surface area contributed by atoms with Gasteiger partial charge in [0, 0.05) is 6.42 Å². The van der Waals surface area contributed by atoms with Gasteiger partial charge in [0.1, 0.15) is 0 Å². The molecule has 1 rings (SSSR count). The molecule has 0 amide bonds. The number of carbonyl (C=O) groups is 1. The normalized spacial score (nSPS) is 16.1. The number of ether oxygens (including phenoxy) is 3. The van der Waals surface area contributed by atoms with Gasteiger partial charge >= 0.3 is 5.97 Å². The Labute approximate surface area is 161 Å². The van der Waals surface area contributed by atoms with Crippen LogP contribution in [0.3, 0.4) is 0 Å². The molecule has 1 aliphatic heterocycles. The topological polar surface area (TPSA) is 44.8 Å². The summed E-state index contributed by atoms with van der Waals surface area (Å²) in [5.74, 6) is -0.937. The molecule has 0 aliphatic carbocycles. The fraction of sp³-hybridized carbons (Fsp3) is 0.955. The Morgan fingerprint density at radius 1 is 0.769 bits per heavy atom. The van der Waals surface area contributed by atoms with Crippen molar-refractivity contribution in [2.24, 2.45) is 0 Å². The summed E-state index contributed by atoms with van der Waals surface area (Å²) >= 11 is 0. The van der Waals surface area contributed by atoms with Crippen molar-refractivity contribution in [2.75, 3.05) is 19.8 Å². The zero-order valence-corrected chi connectivity index (χ0v) is 17.4. The smallest absolute Gasteiger partial charge is 0.311 e. The first kappa shape index (κ1) is 23.4. The van der Waals surface area contributed by atoms with E-state index in [1.807, 2.05) is 6.92 Å². The lowest BCUT2D eigenvalue weighted by Gasteiger charge is -2.26. The van der Waals surface area contributed by atoms with Gasteiger partial charge in [-0.1, -0.05) is 84.0 Å². The molecule has 1 fully saturated rings. The summed E-state index contributed by atoms with van der Waals surface area (Å²) in [6, 6.07) is 0. The second-order valence-corrected chi connectivity index (χ2v) is 7.58. The van der Waals surface area contributed by atoms with Crippen LogP contribution in [-0.2, 0) is 19.0 Å². The van der Waals surface area contributed by atoms with Gasteiger partial charge in [0.25, 0.3) is 0 Å². The van der Waals surface area contributed by atoms with Crippen molar-refractivity contribution in [1.29, 1.82) is 0 Å². The number of esters is 1. The number of carbonyl (C=O) groups excluding carboxylic acids is 1. The quantitative estimate of drug-likeness (QED) is 0.227. The molecule has 0 saturated carbocycles. The Morgan fingerprint density at radius 2 is 1.23 bits per heavy atom. The molecule has 0 bridgehead atoms. The van der Waals surface area contributed by atoms with E-state index in [1.54, 1.807) is 0 Å². The molecule has 154 valence electrons. The van der Waals surface area contributed by atoms with Crippen LogP contribution in [0, 0.1) is 0 Å². The van der Waals surface area contributed by atoms with Gasteiger partial charge in [-0.15, -0.1) is 0 Å². The number of hydrogen-bond donors (Lipinski definition) is 0. The Bertz CT molecular complexity index is 337. The Kier molecular flexibility index (Phi) is 13.9. The summed E-state index contributed by atoms with van der Waals surface area (Å²) in [6.45, 7) is 5.67. The Balaban J connectivity index is 1.96. The van der Waals surface area contributed by atoms with E-state index in [0.29, 0.717) is 19.8 Å². The summed E-state index contributed by atoms with van der Waals surface area (Å²) in [5.41, 5.74) is 0. The molecular weight excluding hydrogens is 328 g/mol. The highest BCUT2D eigenvalue weighted by atomic mass is 16.7. The van der Waals surface area contributed by atoms with E-state index in [0.717, 1.165) is 12.8 Å². The Hall–Kier alpha value is -0.610. The van der Waals surface area contributed by atoms with Crippen LogP contribution in [0.15, 0.2) is 0 Å². The van der Waals surface area contributed by atoms with Gasteiger partial charge in [0.2, 0.25) is 0 Å². The molecule has 1 aliphatic rings. The van der Waals surface area contributed by atoms with Crippen molar-refractivity contribution < 1.29 is 19.0 Å². The molecule has 4 heteroatoms. The molecule has 4 nitrogen and oxygen atoms in total. The first-order valence-corrected chi connectivity index (χ1v) is 11.2. The van der Waals surface area contributed by atoms with E-state index in [9.17, 15) is 4.79 Å². The summed E-state index contributed by atoms with van der Waals surface area (Å²) < 4.78 is 16.5. The molecule has 0 aromatic heterocycles. The highest BCUT2D eigenvalue weighted by Crippen LogP contribution is 2.30. The third kappa shape index (κ3) is 11.2. The fourth-order valence-corrected chi connectivity index (χ4v) is 3.68. The molecule has 0 unspecified atom stereocenters. The van der Waals surface area contributed by atoms with Gasteiger partial charge in [-0.25, -0.2) is 0 Å². The maximum atomic E-state index is 11.8. The molecule has 0 atom stereocenters. The summed E-state index contributed by atoms with van der Waals surface area (Å²) in [5, 5.41) is 0. The van der Waals surface area contributed by atoms with E-state index in [2.05, 4.69) is 6.92 Å². The van der Waals surface area contributed by atoms with Gasteiger partial charge in [0.05, 0.1) is 26.2 Å².